The molecule has 0 bridgehead atoms. The van der Waals surface area contributed by atoms with Crippen LogP contribution in [0.2, 0.25) is 0 Å². The minimum absolute atomic E-state index is 0.807. The van der Waals surface area contributed by atoms with Crippen LogP contribution in [0, 0.1) is 6.92 Å². The molecular weight excluding hydrogens is 222 g/mol. The van der Waals surface area contributed by atoms with Gasteiger partial charge >= 0.3 is 0 Å². The molecule has 0 radical (unpaired) electrons. The quantitative estimate of drug-likeness (QED) is 0.837. The van der Waals surface area contributed by atoms with Gasteiger partial charge in [-0.2, -0.15) is 0 Å². The van der Waals surface area contributed by atoms with E-state index in [1.165, 1.54) is 11.3 Å². The van der Waals surface area contributed by atoms with Gasteiger partial charge in [-0.05, 0) is 43.7 Å². The van der Waals surface area contributed by atoms with Crippen LogP contribution in [0.25, 0.3) is 0 Å². The number of aromatic nitrogens is 1. The molecule has 0 spiro atoms. The molecule has 0 saturated carbocycles. The molecule has 0 aliphatic heterocycles. The number of hydrogen-bond acceptors (Lipinski definition) is 3. The van der Waals surface area contributed by atoms with Crippen LogP contribution in [0.3, 0.4) is 0 Å². The molecule has 18 heavy (non-hydrogen) atoms. The van der Waals surface area contributed by atoms with Crippen molar-refractivity contribution in [2.75, 3.05) is 17.2 Å². The molecule has 2 aromatic rings. The first kappa shape index (κ1) is 12.4. The Labute approximate surface area is 108 Å². The van der Waals surface area contributed by atoms with E-state index >= 15 is 0 Å². The van der Waals surface area contributed by atoms with Crippen molar-refractivity contribution in [2.45, 2.75) is 20.4 Å². The van der Waals surface area contributed by atoms with Gasteiger partial charge in [0.2, 0.25) is 0 Å². The standard InChI is InChI=1S/C15H19N3/c1-3-18(15-8-9-17-12(2)10-15)11-13-4-6-14(16)7-5-13/h4-10H,3,11,16H2,1-2H3. The summed E-state index contributed by atoms with van der Waals surface area (Å²) < 4.78 is 0. The second-order valence-corrected chi connectivity index (χ2v) is 4.41. The van der Waals surface area contributed by atoms with Gasteiger partial charge in [-0.3, -0.25) is 4.98 Å². The van der Waals surface area contributed by atoms with Crippen molar-refractivity contribution in [3.8, 4) is 0 Å². The maximum atomic E-state index is 5.70. The maximum absolute atomic E-state index is 5.70. The third-order valence-corrected chi connectivity index (χ3v) is 2.98. The Balaban J connectivity index is 2.17. The number of hydrogen-bond donors (Lipinski definition) is 1. The molecular formula is C15H19N3. The van der Waals surface area contributed by atoms with Gasteiger partial charge in [0.1, 0.15) is 0 Å². The maximum Gasteiger partial charge on any atom is 0.0429 e. The molecule has 0 atom stereocenters. The van der Waals surface area contributed by atoms with E-state index in [2.05, 4.69) is 35.0 Å². The van der Waals surface area contributed by atoms with Crippen molar-refractivity contribution in [1.29, 1.82) is 0 Å². The van der Waals surface area contributed by atoms with Crippen molar-refractivity contribution < 1.29 is 0 Å². The highest BCUT2D eigenvalue weighted by Gasteiger charge is 2.05. The van der Waals surface area contributed by atoms with Crippen molar-refractivity contribution in [3.05, 3.63) is 53.9 Å². The second-order valence-electron chi connectivity index (χ2n) is 4.41. The van der Waals surface area contributed by atoms with Gasteiger partial charge in [0.05, 0.1) is 0 Å². The Hall–Kier alpha value is -2.03. The molecule has 0 fully saturated rings. The number of pyridine rings is 1. The van der Waals surface area contributed by atoms with E-state index in [1.807, 2.05) is 31.3 Å². The number of nitrogen functional groups attached to an aromatic ring is 1. The monoisotopic (exact) mass is 241 g/mol. The van der Waals surface area contributed by atoms with Crippen molar-refractivity contribution in [1.82, 2.24) is 4.98 Å². The number of nitrogens with two attached hydrogens (primary N) is 1. The van der Waals surface area contributed by atoms with Crippen LogP contribution >= 0.6 is 0 Å². The first-order valence-electron chi connectivity index (χ1n) is 6.21. The third-order valence-electron chi connectivity index (χ3n) is 2.98. The Morgan fingerprint density at radius 3 is 2.50 bits per heavy atom. The van der Waals surface area contributed by atoms with E-state index in [9.17, 15) is 0 Å². The molecule has 2 rings (SSSR count). The normalized spacial score (nSPS) is 10.3. The highest BCUT2D eigenvalue weighted by molar-refractivity contribution is 5.48. The topological polar surface area (TPSA) is 42.1 Å². The summed E-state index contributed by atoms with van der Waals surface area (Å²) in [7, 11) is 0. The Morgan fingerprint density at radius 2 is 1.89 bits per heavy atom. The van der Waals surface area contributed by atoms with Crippen LogP contribution in [-0.4, -0.2) is 11.5 Å². The minimum Gasteiger partial charge on any atom is -0.399 e. The summed E-state index contributed by atoms with van der Waals surface area (Å²) in [4.78, 5) is 6.55. The van der Waals surface area contributed by atoms with Gasteiger partial charge in [0.15, 0.2) is 0 Å². The molecule has 2 N–H and O–H groups in total. The van der Waals surface area contributed by atoms with Crippen molar-refractivity contribution in [2.24, 2.45) is 0 Å². The first-order chi connectivity index (χ1) is 8.69. The van der Waals surface area contributed by atoms with Gasteiger partial charge in [0.25, 0.3) is 0 Å². The molecule has 94 valence electrons. The van der Waals surface area contributed by atoms with Gasteiger partial charge in [-0.25, -0.2) is 0 Å². The van der Waals surface area contributed by atoms with Crippen LogP contribution in [0.4, 0.5) is 11.4 Å². The van der Waals surface area contributed by atoms with Crippen LogP contribution in [0.1, 0.15) is 18.2 Å². The SMILES string of the molecule is CCN(Cc1ccc(N)cc1)c1ccnc(C)c1. The van der Waals surface area contributed by atoms with Gasteiger partial charge in [-0.1, -0.05) is 12.1 Å². The summed E-state index contributed by atoms with van der Waals surface area (Å²) >= 11 is 0. The molecule has 3 heteroatoms. The molecule has 0 amide bonds. The number of nitrogens with zero attached hydrogens (tertiary/aromatic N) is 2. The molecule has 1 aromatic carbocycles. The lowest BCUT2D eigenvalue weighted by atomic mass is 10.2. The summed E-state index contributed by atoms with van der Waals surface area (Å²) in [6.07, 6.45) is 1.86. The van der Waals surface area contributed by atoms with E-state index < -0.39 is 0 Å². The van der Waals surface area contributed by atoms with Crippen LogP contribution in [0.15, 0.2) is 42.6 Å². The molecule has 1 heterocycles. The van der Waals surface area contributed by atoms with Crippen LogP contribution in [-0.2, 0) is 6.54 Å². The fourth-order valence-corrected chi connectivity index (χ4v) is 1.96. The lowest BCUT2D eigenvalue weighted by Crippen LogP contribution is -2.22. The van der Waals surface area contributed by atoms with E-state index in [0.29, 0.717) is 0 Å². The van der Waals surface area contributed by atoms with E-state index in [1.54, 1.807) is 0 Å². The molecule has 0 saturated heterocycles. The Kier molecular flexibility index (Phi) is 3.82. The van der Waals surface area contributed by atoms with Gasteiger partial charge in [-0.15, -0.1) is 0 Å². The van der Waals surface area contributed by atoms with Gasteiger partial charge < -0.3 is 10.6 Å². The summed E-state index contributed by atoms with van der Waals surface area (Å²) in [5.74, 6) is 0. The summed E-state index contributed by atoms with van der Waals surface area (Å²) in [5, 5.41) is 0. The molecule has 0 unspecified atom stereocenters. The fourth-order valence-electron chi connectivity index (χ4n) is 1.96. The zero-order valence-corrected chi connectivity index (χ0v) is 10.9. The zero-order valence-electron chi connectivity index (χ0n) is 10.9. The number of rotatable bonds is 4. The lowest BCUT2D eigenvalue weighted by molar-refractivity contribution is 0.829. The molecule has 0 aliphatic rings. The zero-order chi connectivity index (χ0) is 13.0. The Bertz CT molecular complexity index is 505. The second kappa shape index (κ2) is 5.54. The van der Waals surface area contributed by atoms with E-state index in [4.69, 9.17) is 5.73 Å². The average molecular weight is 241 g/mol. The predicted octanol–water partition coefficient (Wildman–Crippen LogP) is 3.00. The fraction of sp³-hybridized carbons (Fsp3) is 0.267. The highest BCUT2D eigenvalue weighted by atomic mass is 15.1. The van der Waals surface area contributed by atoms with E-state index in [-0.39, 0.29) is 0 Å². The lowest BCUT2D eigenvalue weighted by Gasteiger charge is -2.23. The number of anilines is 2. The van der Waals surface area contributed by atoms with Crippen molar-refractivity contribution in [3.63, 3.8) is 0 Å². The van der Waals surface area contributed by atoms with Crippen molar-refractivity contribution >= 4 is 11.4 Å². The summed E-state index contributed by atoms with van der Waals surface area (Å²) in [5.41, 5.74) is 10.0. The first-order valence-corrected chi connectivity index (χ1v) is 6.21. The number of benzene rings is 1. The Morgan fingerprint density at radius 1 is 1.17 bits per heavy atom. The minimum atomic E-state index is 0.807. The van der Waals surface area contributed by atoms with Crippen LogP contribution in [0.5, 0.6) is 0 Å². The number of aryl methyl sites for hydroxylation is 1. The van der Waals surface area contributed by atoms with Crippen LogP contribution < -0.4 is 10.6 Å². The molecule has 1 aromatic heterocycles. The summed E-state index contributed by atoms with van der Waals surface area (Å²) in [6.45, 7) is 6.03. The average Bonchev–Trinajstić information content (AvgIpc) is 2.38. The largest absolute Gasteiger partial charge is 0.399 e. The predicted molar refractivity (Wildman–Crippen MR) is 76.6 cm³/mol. The van der Waals surface area contributed by atoms with Gasteiger partial charge in [0, 0.05) is 36.4 Å². The highest BCUT2D eigenvalue weighted by Crippen LogP contribution is 2.17. The molecule has 0 aliphatic carbocycles. The smallest absolute Gasteiger partial charge is 0.0429 e. The summed E-state index contributed by atoms with van der Waals surface area (Å²) in [6, 6.07) is 12.2. The van der Waals surface area contributed by atoms with E-state index in [0.717, 1.165) is 24.5 Å². The third kappa shape index (κ3) is 3.00. The molecule has 3 nitrogen and oxygen atoms in total.